The molecule has 0 radical (unpaired) electrons. The minimum absolute atomic E-state index is 0.236. The largest absolute Gasteiger partial charge is 0.492 e. The van der Waals surface area contributed by atoms with E-state index < -0.39 is 0 Å². The van der Waals surface area contributed by atoms with Crippen molar-refractivity contribution in [1.29, 1.82) is 0 Å². The number of unbranched alkanes of at least 4 members (excludes halogenated alkanes) is 1. The first kappa shape index (κ1) is 20.9. The van der Waals surface area contributed by atoms with Crippen LogP contribution in [-0.2, 0) is 0 Å². The highest BCUT2D eigenvalue weighted by Gasteiger charge is 2.35. The van der Waals surface area contributed by atoms with E-state index in [0.29, 0.717) is 47.2 Å². The van der Waals surface area contributed by atoms with Crippen LogP contribution >= 0.6 is 11.6 Å². The number of carbonyl (C=O) groups is 3. The van der Waals surface area contributed by atoms with Gasteiger partial charge in [-0.3, -0.25) is 19.3 Å². The van der Waals surface area contributed by atoms with Crippen molar-refractivity contribution in [3.63, 3.8) is 0 Å². The fraction of sp³-hybridized carbons (Fsp3) is 0.318. The van der Waals surface area contributed by atoms with Gasteiger partial charge in [-0.2, -0.15) is 0 Å². The number of amides is 3. The Morgan fingerprint density at radius 2 is 1.76 bits per heavy atom. The van der Waals surface area contributed by atoms with E-state index in [1.165, 1.54) is 15.9 Å². The molecule has 0 spiro atoms. The van der Waals surface area contributed by atoms with Crippen molar-refractivity contribution in [2.75, 3.05) is 26.7 Å². The average molecular weight is 415 g/mol. The predicted molar refractivity (Wildman–Crippen MR) is 111 cm³/mol. The van der Waals surface area contributed by atoms with E-state index in [-0.39, 0.29) is 17.7 Å². The molecule has 0 aromatic heterocycles. The summed E-state index contributed by atoms with van der Waals surface area (Å²) in [6, 6.07) is 11.7. The van der Waals surface area contributed by atoms with E-state index in [2.05, 4.69) is 0 Å². The summed E-state index contributed by atoms with van der Waals surface area (Å²) in [5.74, 6) is -0.187. The molecule has 0 saturated heterocycles. The average Bonchev–Trinajstić information content (AvgIpc) is 2.96. The fourth-order valence-corrected chi connectivity index (χ4v) is 3.22. The summed E-state index contributed by atoms with van der Waals surface area (Å²) >= 11 is 5.84. The normalized spacial score (nSPS) is 12.9. The molecule has 1 aliphatic rings. The zero-order valence-electron chi connectivity index (χ0n) is 16.5. The van der Waals surface area contributed by atoms with Crippen LogP contribution in [-0.4, -0.2) is 54.3 Å². The molecule has 1 heterocycles. The van der Waals surface area contributed by atoms with Crippen molar-refractivity contribution in [3.8, 4) is 5.75 Å². The van der Waals surface area contributed by atoms with E-state index in [4.69, 9.17) is 16.3 Å². The Morgan fingerprint density at radius 3 is 2.45 bits per heavy atom. The van der Waals surface area contributed by atoms with Crippen LogP contribution in [0.5, 0.6) is 5.75 Å². The van der Waals surface area contributed by atoms with Gasteiger partial charge < -0.3 is 9.64 Å². The molecule has 7 heteroatoms. The van der Waals surface area contributed by atoms with Gasteiger partial charge in [0.05, 0.1) is 17.7 Å². The van der Waals surface area contributed by atoms with Gasteiger partial charge in [-0.25, -0.2) is 0 Å². The summed E-state index contributed by atoms with van der Waals surface area (Å²) < 4.78 is 5.62. The maximum absolute atomic E-state index is 12.7. The standard InChI is InChI=1S/C22H23ClN2O4/c1-3-4-11-25-21(27)18-10-5-15(14-19(18)22(25)28)20(26)24(2)12-13-29-17-8-6-16(23)7-9-17/h5-10,14H,3-4,11-13H2,1-2H3. The Hall–Kier alpha value is -2.86. The van der Waals surface area contributed by atoms with E-state index >= 15 is 0 Å². The fourth-order valence-electron chi connectivity index (χ4n) is 3.10. The number of rotatable bonds is 8. The second kappa shape index (κ2) is 9.09. The first-order valence-corrected chi connectivity index (χ1v) is 9.94. The third kappa shape index (κ3) is 4.59. The van der Waals surface area contributed by atoms with Crippen LogP contribution in [0.4, 0.5) is 0 Å². The number of hydrogen-bond donors (Lipinski definition) is 0. The number of benzene rings is 2. The molecule has 2 aromatic carbocycles. The van der Waals surface area contributed by atoms with Crippen molar-refractivity contribution in [1.82, 2.24) is 9.80 Å². The second-order valence-corrected chi connectivity index (χ2v) is 7.34. The van der Waals surface area contributed by atoms with Crippen molar-refractivity contribution in [3.05, 3.63) is 64.2 Å². The predicted octanol–water partition coefficient (Wildman–Crippen LogP) is 3.89. The molecule has 3 rings (SSSR count). The summed E-state index contributed by atoms with van der Waals surface area (Å²) in [5.41, 5.74) is 1.02. The highest BCUT2D eigenvalue weighted by atomic mass is 35.5. The number of hydrogen-bond acceptors (Lipinski definition) is 4. The summed E-state index contributed by atoms with van der Waals surface area (Å²) in [5, 5.41) is 0.627. The van der Waals surface area contributed by atoms with Crippen molar-refractivity contribution >= 4 is 29.3 Å². The molecule has 0 N–H and O–H groups in total. The lowest BCUT2D eigenvalue weighted by Crippen LogP contribution is -2.31. The minimum atomic E-state index is -0.332. The molecule has 0 aliphatic carbocycles. The summed E-state index contributed by atoms with van der Waals surface area (Å²) in [6.45, 7) is 3.08. The SMILES string of the molecule is CCCCN1C(=O)c2ccc(C(=O)N(C)CCOc3ccc(Cl)cc3)cc2C1=O. The Kier molecular flexibility index (Phi) is 6.54. The molecule has 0 fully saturated rings. The Morgan fingerprint density at radius 1 is 1.07 bits per heavy atom. The van der Waals surface area contributed by atoms with Gasteiger partial charge in [0.1, 0.15) is 12.4 Å². The Bertz CT molecular complexity index is 927. The highest BCUT2D eigenvalue weighted by Crippen LogP contribution is 2.25. The van der Waals surface area contributed by atoms with Gasteiger partial charge in [0.25, 0.3) is 17.7 Å². The van der Waals surface area contributed by atoms with Gasteiger partial charge in [-0.15, -0.1) is 0 Å². The molecule has 2 aromatic rings. The van der Waals surface area contributed by atoms with E-state index in [0.717, 1.165) is 12.8 Å². The van der Waals surface area contributed by atoms with Crippen LogP contribution in [0.2, 0.25) is 5.02 Å². The van der Waals surface area contributed by atoms with Crippen molar-refractivity contribution in [2.24, 2.45) is 0 Å². The van der Waals surface area contributed by atoms with Crippen LogP contribution in [0.25, 0.3) is 0 Å². The summed E-state index contributed by atoms with van der Waals surface area (Å²) in [6.07, 6.45) is 1.65. The lowest BCUT2D eigenvalue weighted by Gasteiger charge is -2.18. The monoisotopic (exact) mass is 414 g/mol. The summed E-state index contributed by atoms with van der Waals surface area (Å²) in [7, 11) is 1.67. The summed E-state index contributed by atoms with van der Waals surface area (Å²) in [4.78, 5) is 40.5. The molecule has 1 aliphatic heterocycles. The molecule has 152 valence electrons. The van der Waals surface area contributed by atoms with E-state index in [1.807, 2.05) is 6.92 Å². The van der Waals surface area contributed by atoms with Gasteiger partial charge in [0.15, 0.2) is 0 Å². The molecule has 0 atom stereocenters. The molecule has 0 saturated carbocycles. The lowest BCUT2D eigenvalue weighted by atomic mass is 10.1. The molecular formula is C22H23ClN2O4. The topological polar surface area (TPSA) is 66.9 Å². The van der Waals surface area contributed by atoms with Gasteiger partial charge >= 0.3 is 0 Å². The van der Waals surface area contributed by atoms with Crippen LogP contribution in [0.1, 0.15) is 50.8 Å². The van der Waals surface area contributed by atoms with Crippen molar-refractivity contribution in [2.45, 2.75) is 19.8 Å². The Balaban J connectivity index is 1.63. The number of fused-ring (bicyclic) bond motifs is 1. The van der Waals surface area contributed by atoms with Gasteiger partial charge in [0.2, 0.25) is 0 Å². The van der Waals surface area contributed by atoms with E-state index in [9.17, 15) is 14.4 Å². The Labute approximate surface area is 175 Å². The van der Waals surface area contributed by atoms with Gasteiger partial charge in [-0.05, 0) is 48.9 Å². The first-order valence-electron chi connectivity index (χ1n) is 9.56. The smallest absolute Gasteiger partial charge is 0.261 e. The third-order valence-corrected chi connectivity index (χ3v) is 5.06. The van der Waals surface area contributed by atoms with Gasteiger partial charge in [0, 0.05) is 24.2 Å². The lowest BCUT2D eigenvalue weighted by molar-refractivity contribution is 0.0652. The molecule has 29 heavy (non-hydrogen) atoms. The number of imide groups is 1. The molecule has 6 nitrogen and oxygen atoms in total. The molecular weight excluding hydrogens is 392 g/mol. The van der Waals surface area contributed by atoms with Crippen LogP contribution in [0, 0.1) is 0 Å². The quantitative estimate of drug-likeness (QED) is 0.614. The van der Waals surface area contributed by atoms with Crippen LogP contribution < -0.4 is 4.74 Å². The van der Waals surface area contributed by atoms with Crippen LogP contribution in [0.3, 0.4) is 0 Å². The molecule has 0 unspecified atom stereocenters. The minimum Gasteiger partial charge on any atom is -0.492 e. The van der Waals surface area contributed by atoms with Gasteiger partial charge in [-0.1, -0.05) is 24.9 Å². The number of likely N-dealkylation sites (N-methyl/N-ethyl adjacent to an activating group) is 1. The molecule has 0 bridgehead atoms. The number of nitrogens with zero attached hydrogens (tertiary/aromatic N) is 2. The number of ether oxygens (including phenoxy) is 1. The zero-order valence-corrected chi connectivity index (χ0v) is 17.2. The van der Waals surface area contributed by atoms with Crippen molar-refractivity contribution < 1.29 is 19.1 Å². The van der Waals surface area contributed by atoms with E-state index in [1.54, 1.807) is 43.4 Å². The zero-order chi connectivity index (χ0) is 21.0. The number of carbonyl (C=O) groups excluding carboxylic acids is 3. The first-order chi connectivity index (χ1) is 13.9. The van der Waals surface area contributed by atoms with Crippen LogP contribution in [0.15, 0.2) is 42.5 Å². The second-order valence-electron chi connectivity index (χ2n) is 6.90. The number of halogens is 1. The third-order valence-electron chi connectivity index (χ3n) is 4.81. The molecule has 3 amide bonds. The highest BCUT2D eigenvalue weighted by molar-refractivity contribution is 6.30. The maximum Gasteiger partial charge on any atom is 0.261 e. The maximum atomic E-state index is 12.7.